The molecular formula is C24H30SiZr. The topological polar surface area (TPSA) is 0 Å². The molecule has 2 aliphatic carbocycles. The van der Waals surface area contributed by atoms with E-state index < -0.39 is 26.8 Å². The van der Waals surface area contributed by atoms with Crippen LogP contribution in [0.5, 0.6) is 0 Å². The normalized spacial score (nSPS) is 32.7. The first kappa shape index (κ1) is 17.1. The van der Waals surface area contributed by atoms with E-state index in [0.717, 1.165) is 0 Å². The monoisotopic (exact) mass is 436 g/mol. The molecule has 0 spiro atoms. The molecule has 3 aliphatic rings. The molecule has 2 heteroatoms. The number of hydrogen-bond acceptors (Lipinski definition) is 0. The predicted octanol–water partition coefficient (Wildman–Crippen LogP) is 6.56. The molecule has 0 aromatic heterocycles. The van der Waals surface area contributed by atoms with Crippen molar-refractivity contribution in [1.82, 2.24) is 0 Å². The van der Waals surface area contributed by atoms with Gasteiger partial charge in [-0.05, 0) is 0 Å². The Morgan fingerprint density at radius 2 is 1.04 bits per heavy atom. The maximum absolute atomic E-state index is 3.78. The summed E-state index contributed by atoms with van der Waals surface area (Å²) in [5.41, 5.74) is 9.95. The fourth-order valence-electron chi connectivity index (χ4n) is 7.51. The quantitative estimate of drug-likeness (QED) is 0.409. The van der Waals surface area contributed by atoms with E-state index in [2.05, 4.69) is 80.9 Å². The van der Waals surface area contributed by atoms with E-state index in [1.165, 1.54) is 0 Å². The Kier molecular flexibility index (Phi) is 2.99. The zero-order valence-corrected chi connectivity index (χ0v) is 20.9. The summed E-state index contributed by atoms with van der Waals surface area (Å²) in [6.45, 7) is 4.96. The number of fused-ring (bicyclic) bond motifs is 8. The van der Waals surface area contributed by atoms with Crippen molar-refractivity contribution in [2.24, 2.45) is 0 Å². The summed E-state index contributed by atoms with van der Waals surface area (Å²) in [4.78, 5) is 0. The molecule has 0 fully saturated rings. The zero-order valence-electron chi connectivity index (χ0n) is 17.0. The summed E-state index contributed by atoms with van der Waals surface area (Å²) in [5.74, 6) is 0. The van der Waals surface area contributed by atoms with Crippen molar-refractivity contribution in [3.8, 4) is 0 Å². The summed E-state index contributed by atoms with van der Waals surface area (Å²) in [7, 11) is -0.458. The zero-order chi connectivity index (χ0) is 18.5. The third-order valence-electron chi connectivity index (χ3n) is 8.01. The fourth-order valence-corrected chi connectivity index (χ4v) is 30.5. The summed E-state index contributed by atoms with van der Waals surface area (Å²) < 4.78 is 12.3. The Bertz CT molecular complexity index is 982. The molecule has 2 aromatic carbocycles. The Hall–Kier alpha value is -0.980. The van der Waals surface area contributed by atoms with Crippen LogP contribution >= 0.6 is 0 Å². The van der Waals surface area contributed by atoms with Crippen LogP contribution < -0.4 is 0 Å². The summed E-state index contributed by atoms with van der Waals surface area (Å²) in [6, 6.07) is 18.8. The van der Waals surface area contributed by atoms with Gasteiger partial charge in [-0.25, -0.2) is 0 Å². The molecule has 0 N–H and O–H groups in total. The molecule has 2 unspecified atom stereocenters. The average molecular weight is 438 g/mol. The SMILES string of the molecule is CC1=C2[SiH2]C3=C(C)[CH](c4ccccc43)[Zr]([CH3])([CH3])([CH3])([CH3])[CH]1c1ccccc12. The third-order valence-corrected chi connectivity index (χ3v) is 27.2. The molecule has 134 valence electrons. The van der Waals surface area contributed by atoms with E-state index in [1.807, 2.05) is 0 Å². The van der Waals surface area contributed by atoms with Gasteiger partial charge in [-0.15, -0.1) is 0 Å². The summed E-state index contributed by atoms with van der Waals surface area (Å²) in [6.07, 6.45) is 0. The van der Waals surface area contributed by atoms with Gasteiger partial charge in [-0.1, -0.05) is 0 Å². The molecule has 26 heavy (non-hydrogen) atoms. The standard InChI is InChI=1S/C20H18Si.4CH3.Zr/c1-13-11-15-7-3-5-9-17(15)19(13)21-20-14(2)12-16-8-4-6-10-18(16)20;;;;;/h3-12H,21H2,1-2H3;4*1H3;. The second-order valence-corrected chi connectivity index (χ2v) is 43.5. The van der Waals surface area contributed by atoms with Gasteiger partial charge < -0.3 is 0 Å². The van der Waals surface area contributed by atoms with Gasteiger partial charge in [0.05, 0.1) is 0 Å². The molecule has 0 amide bonds. The average Bonchev–Trinajstić information content (AvgIpc) is 3.01. The van der Waals surface area contributed by atoms with Crippen LogP contribution in [-0.4, -0.2) is 9.52 Å². The number of rotatable bonds is 0. The van der Waals surface area contributed by atoms with E-state index in [9.17, 15) is 0 Å². The maximum atomic E-state index is 2.75. The second-order valence-electron chi connectivity index (χ2n) is 12.0. The first-order valence-electron chi connectivity index (χ1n) is 10.1. The Balaban J connectivity index is 1.95. The van der Waals surface area contributed by atoms with E-state index in [0.29, 0.717) is 7.25 Å². The van der Waals surface area contributed by atoms with Gasteiger partial charge in [0.25, 0.3) is 0 Å². The van der Waals surface area contributed by atoms with Gasteiger partial charge in [0.2, 0.25) is 0 Å². The molecule has 4 bridgehead atoms. The van der Waals surface area contributed by atoms with E-state index in [1.54, 1.807) is 43.8 Å². The molecule has 1 aliphatic heterocycles. The van der Waals surface area contributed by atoms with Crippen LogP contribution in [0.1, 0.15) is 43.4 Å². The Morgan fingerprint density at radius 1 is 0.654 bits per heavy atom. The second kappa shape index (κ2) is 4.53. The van der Waals surface area contributed by atoms with Crippen LogP contribution in [-0.2, 0) is 17.3 Å². The first-order chi connectivity index (χ1) is 12.0. The van der Waals surface area contributed by atoms with Gasteiger partial charge in [-0.2, -0.15) is 0 Å². The molecule has 0 radical (unpaired) electrons. The van der Waals surface area contributed by atoms with Crippen molar-refractivity contribution >= 4 is 19.9 Å². The molecule has 2 aromatic rings. The molecule has 5 rings (SSSR count). The molecular weight excluding hydrogens is 408 g/mol. The van der Waals surface area contributed by atoms with Crippen LogP contribution in [0.2, 0.25) is 18.5 Å². The predicted molar refractivity (Wildman–Crippen MR) is 116 cm³/mol. The van der Waals surface area contributed by atoms with Crippen molar-refractivity contribution in [1.29, 1.82) is 0 Å². The summed E-state index contributed by atoms with van der Waals surface area (Å²) >= 11 is -3.78. The number of benzene rings is 2. The minimum atomic E-state index is -3.78. The molecule has 0 nitrogen and oxygen atoms in total. The minimum absolute atomic E-state index is 0.458. The Labute approximate surface area is 158 Å². The van der Waals surface area contributed by atoms with Gasteiger partial charge in [-0.3, -0.25) is 0 Å². The summed E-state index contributed by atoms with van der Waals surface area (Å²) in [5, 5.41) is 3.50. The first-order valence-corrected chi connectivity index (χ1v) is 24.2. The van der Waals surface area contributed by atoms with Crippen molar-refractivity contribution in [2.45, 2.75) is 39.6 Å². The molecule has 2 atom stereocenters. The molecule has 1 heterocycles. The van der Waals surface area contributed by atoms with Crippen LogP contribution in [0, 0.1) is 0 Å². The van der Waals surface area contributed by atoms with Crippen molar-refractivity contribution in [3.05, 3.63) is 81.9 Å². The van der Waals surface area contributed by atoms with Gasteiger partial charge in [0, 0.05) is 0 Å². The van der Waals surface area contributed by atoms with Crippen LogP contribution in [0.15, 0.2) is 59.7 Å². The van der Waals surface area contributed by atoms with Crippen LogP contribution in [0.4, 0.5) is 0 Å². The van der Waals surface area contributed by atoms with Gasteiger partial charge >= 0.3 is 159 Å². The molecule has 0 saturated carbocycles. The van der Waals surface area contributed by atoms with E-state index >= 15 is 0 Å². The third kappa shape index (κ3) is 1.88. The van der Waals surface area contributed by atoms with Crippen LogP contribution in [0.25, 0.3) is 10.4 Å². The number of allylic oxidation sites excluding steroid dienone is 2. The van der Waals surface area contributed by atoms with E-state index in [4.69, 9.17) is 0 Å². The molecule has 0 saturated heterocycles. The number of hydrogen-bond donors (Lipinski definition) is 0. The van der Waals surface area contributed by atoms with Gasteiger partial charge in [0.15, 0.2) is 0 Å². The fraction of sp³-hybridized carbons (Fsp3) is 0.333. The van der Waals surface area contributed by atoms with Crippen molar-refractivity contribution in [3.63, 3.8) is 0 Å². The van der Waals surface area contributed by atoms with Crippen LogP contribution in [0.3, 0.4) is 0 Å². The van der Waals surface area contributed by atoms with Crippen molar-refractivity contribution < 1.29 is 17.3 Å². The van der Waals surface area contributed by atoms with E-state index in [-0.39, 0.29) is 0 Å². The Morgan fingerprint density at radius 3 is 1.46 bits per heavy atom. The van der Waals surface area contributed by atoms with Gasteiger partial charge in [0.1, 0.15) is 0 Å². The van der Waals surface area contributed by atoms with Crippen molar-refractivity contribution in [2.75, 3.05) is 0 Å².